The zero-order chi connectivity index (χ0) is 13.8. The lowest BCUT2D eigenvalue weighted by molar-refractivity contribution is 0.615. The third-order valence-electron chi connectivity index (χ3n) is 3.03. The minimum Gasteiger partial charge on any atom is -0.206 e. The van der Waals surface area contributed by atoms with E-state index in [-0.39, 0.29) is 5.82 Å². The number of hydrogen-bond acceptors (Lipinski definition) is 0. The molecule has 1 unspecified atom stereocenters. The topological polar surface area (TPSA) is 0 Å². The molecule has 2 aromatic carbocycles. The van der Waals surface area contributed by atoms with Crippen LogP contribution in [0.15, 0.2) is 51.4 Å². The monoisotopic (exact) mass is 448 g/mol. The van der Waals surface area contributed by atoms with Crippen LogP contribution in [0, 0.1) is 5.82 Å². The van der Waals surface area contributed by atoms with Gasteiger partial charge in [-0.05, 0) is 51.5 Å². The lowest BCUT2D eigenvalue weighted by Crippen LogP contribution is -2.06. The molecule has 0 aliphatic carbocycles. The van der Waals surface area contributed by atoms with Crippen molar-refractivity contribution in [2.24, 2.45) is 0 Å². The van der Waals surface area contributed by atoms with Gasteiger partial charge in [-0.25, -0.2) is 4.39 Å². The molecule has 0 spiro atoms. The standard InChI is InChI=1S/C15H12Br3F/c16-9-11(12-5-1-2-6-13(12)17)8-10-4-3-7-14(19)15(10)18/h1-7,11H,8-9H2. The van der Waals surface area contributed by atoms with Crippen molar-refractivity contribution in [3.63, 3.8) is 0 Å². The molecule has 0 saturated heterocycles. The van der Waals surface area contributed by atoms with Crippen molar-refractivity contribution in [3.05, 3.63) is 68.4 Å². The minimum absolute atomic E-state index is 0.210. The van der Waals surface area contributed by atoms with Crippen LogP contribution in [0.2, 0.25) is 0 Å². The average Bonchev–Trinajstić information content (AvgIpc) is 2.41. The Hall–Kier alpha value is -0.190. The second-order valence-electron chi connectivity index (χ2n) is 4.29. The van der Waals surface area contributed by atoms with Crippen molar-refractivity contribution >= 4 is 47.8 Å². The van der Waals surface area contributed by atoms with Gasteiger partial charge in [-0.2, -0.15) is 0 Å². The van der Waals surface area contributed by atoms with Gasteiger partial charge in [0.15, 0.2) is 0 Å². The molecular formula is C15H12Br3F. The summed E-state index contributed by atoms with van der Waals surface area (Å²) in [6.45, 7) is 0. The van der Waals surface area contributed by atoms with E-state index in [0.717, 1.165) is 21.8 Å². The van der Waals surface area contributed by atoms with Crippen LogP contribution in [0.4, 0.5) is 4.39 Å². The highest BCUT2D eigenvalue weighted by Crippen LogP contribution is 2.32. The first-order valence-corrected chi connectivity index (χ1v) is 8.57. The lowest BCUT2D eigenvalue weighted by Gasteiger charge is -2.17. The highest BCUT2D eigenvalue weighted by molar-refractivity contribution is 9.11. The lowest BCUT2D eigenvalue weighted by atomic mass is 9.94. The Kier molecular flexibility index (Phi) is 5.60. The van der Waals surface area contributed by atoms with Crippen LogP contribution < -0.4 is 0 Å². The summed E-state index contributed by atoms with van der Waals surface area (Å²) in [4.78, 5) is 0. The summed E-state index contributed by atoms with van der Waals surface area (Å²) in [6, 6.07) is 13.3. The average molecular weight is 451 g/mol. The number of rotatable bonds is 4. The van der Waals surface area contributed by atoms with E-state index in [0.29, 0.717) is 10.4 Å². The van der Waals surface area contributed by atoms with Crippen LogP contribution in [-0.2, 0) is 6.42 Å². The maximum absolute atomic E-state index is 13.5. The van der Waals surface area contributed by atoms with E-state index in [1.807, 2.05) is 24.3 Å². The first kappa shape index (κ1) is 15.2. The number of hydrogen-bond donors (Lipinski definition) is 0. The van der Waals surface area contributed by atoms with Gasteiger partial charge in [0.2, 0.25) is 0 Å². The Bertz CT molecular complexity index is 569. The molecule has 0 heterocycles. The third kappa shape index (κ3) is 3.67. The molecule has 2 rings (SSSR count). The van der Waals surface area contributed by atoms with Gasteiger partial charge in [-0.3, -0.25) is 0 Å². The summed E-state index contributed by atoms with van der Waals surface area (Å²) >= 11 is 10.5. The number of alkyl halides is 1. The predicted octanol–water partition coefficient (Wildman–Crippen LogP) is 6.07. The third-order valence-corrected chi connectivity index (χ3v) is 5.42. The molecule has 0 saturated carbocycles. The smallest absolute Gasteiger partial charge is 0.137 e. The van der Waals surface area contributed by atoms with Crippen LogP contribution in [0.1, 0.15) is 17.0 Å². The first-order valence-electron chi connectivity index (χ1n) is 5.86. The quantitative estimate of drug-likeness (QED) is 0.496. The molecule has 1 atom stereocenters. The Labute approximate surface area is 137 Å². The highest BCUT2D eigenvalue weighted by atomic mass is 79.9. The molecule has 0 aliphatic heterocycles. The summed E-state index contributed by atoms with van der Waals surface area (Å²) < 4.78 is 15.2. The molecule has 0 radical (unpaired) electrons. The van der Waals surface area contributed by atoms with Gasteiger partial charge in [-0.1, -0.05) is 62.2 Å². The SMILES string of the molecule is Fc1cccc(CC(CBr)c2ccccc2Br)c1Br. The summed E-state index contributed by atoms with van der Waals surface area (Å²) in [7, 11) is 0. The number of benzene rings is 2. The summed E-state index contributed by atoms with van der Waals surface area (Å²) in [5.74, 6) is 0.0895. The number of halogens is 4. The van der Waals surface area contributed by atoms with Gasteiger partial charge < -0.3 is 0 Å². The van der Waals surface area contributed by atoms with Crippen molar-refractivity contribution in [3.8, 4) is 0 Å². The van der Waals surface area contributed by atoms with Gasteiger partial charge in [0.05, 0.1) is 4.47 Å². The van der Waals surface area contributed by atoms with Crippen LogP contribution in [0.25, 0.3) is 0 Å². The highest BCUT2D eigenvalue weighted by Gasteiger charge is 2.16. The Morgan fingerprint density at radius 3 is 2.42 bits per heavy atom. The van der Waals surface area contributed by atoms with Crippen LogP contribution in [0.5, 0.6) is 0 Å². The summed E-state index contributed by atoms with van der Waals surface area (Å²) in [5, 5.41) is 0.832. The van der Waals surface area contributed by atoms with Crippen molar-refractivity contribution < 1.29 is 4.39 Å². The molecular weight excluding hydrogens is 439 g/mol. The van der Waals surface area contributed by atoms with E-state index in [1.54, 1.807) is 6.07 Å². The Morgan fingerprint density at radius 1 is 1.00 bits per heavy atom. The first-order chi connectivity index (χ1) is 9.13. The fourth-order valence-electron chi connectivity index (χ4n) is 2.03. The molecule has 0 fully saturated rings. The van der Waals surface area contributed by atoms with Crippen LogP contribution in [0.3, 0.4) is 0 Å². The summed E-state index contributed by atoms with van der Waals surface area (Å²) in [6.07, 6.45) is 0.784. The molecule has 0 aliphatic rings. The molecule has 19 heavy (non-hydrogen) atoms. The Balaban J connectivity index is 2.30. The van der Waals surface area contributed by atoms with Crippen molar-refractivity contribution in [1.29, 1.82) is 0 Å². The van der Waals surface area contributed by atoms with Crippen molar-refractivity contribution in [1.82, 2.24) is 0 Å². The maximum atomic E-state index is 13.5. The Morgan fingerprint density at radius 2 is 1.74 bits per heavy atom. The molecule has 100 valence electrons. The van der Waals surface area contributed by atoms with E-state index in [1.165, 1.54) is 11.6 Å². The normalized spacial score (nSPS) is 12.4. The van der Waals surface area contributed by atoms with Crippen LogP contribution >= 0.6 is 47.8 Å². The molecule has 0 N–H and O–H groups in total. The molecule has 0 nitrogen and oxygen atoms in total. The zero-order valence-corrected chi connectivity index (χ0v) is 14.8. The summed E-state index contributed by atoms with van der Waals surface area (Å²) in [5.41, 5.74) is 2.22. The second-order valence-corrected chi connectivity index (χ2v) is 6.58. The molecule has 2 aromatic rings. The van der Waals surface area contributed by atoms with Gasteiger partial charge in [0.25, 0.3) is 0 Å². The van der Waals surface area contributed by atoms with Gasteiger partial charge in [0.1, 0.15) is 5.82 Å². The van der Waals surface area contributed by atoms with Crippen molar-refractivity contribution in [2.75, 3.05) is 5.33 Å². The van der Waals surface area contributed by atoms with E-state index < -0.39 is 0 Å². The zero-order valence-electron chi connectivity index (χ0n) is 10.0. The van der Waals surface area contributed by atoms with Gasteiger partial charge in [-0.15, -0.1) is 0 Å². The fraction of sp³-hybridized carbons (Fsp3) is 0.200. The second kappa shape index (κ2) is 7.00. The maximum Gasteiger partial charge on any atom is 0.137 e. The molecule has 0 amide bonds. The van der Waals surface area contributed by atoms with E-state index in [4.69, 9.17) is 0 Å². The van der Waals surface area contributed by atoms with E-state index >= 15 is 0 Å². The molecule has 0 aromatic heterocycles. The fourth-order valence-corrected chi connectivity index (χ4v) is 3.64. The van der Waals surface area contributed by atoms with E-state index in [9.17, 15) is 4.39 Å². The minimum atomic E-state index is -0.210. The molecule has 4 heteroatoms. The van der Waals surface area contributed by atoms with Gasteiger partial charge >= 0.3 is 0 Å². The predicted molar refractivity (Wildman–Crippen MR) is 88.5 cm³/mol. The van der Waals surface area contributed by atoms with Gasteiger partial charge in [0, 0.05) is 9.80 Å². The van der Waals surface area contributed by atoms with Crippen molar-refractivity contribution in [2.45, 2.75) is 12.3 Å². The van der Waals surface area contributed by atoms with E-state index in [2.05, 4.69) is 53.9 Å². The largest absolute Gasteiger partial charge is 0.206 e. The molecule has 0 bridgehead atoms. The van der Waals surface area contributed by atoms with Crippen LogP contribution in [-0.4, -0.2) is 5.33 Å².